The van der Waals surface area contributed by atoms with Crippen LogP contribution >= 0.6 is 0 Å². The Morgan fingerprint density at radius 3 is 2.30 bits per heavy atom. The molecular weight excluding hydrogens is 372 g/mol. The number of fused-ring (bicyclic) bond motifs is 1. The summed E-state index contributed by atoms with van der Waals surface area (Å²) in [5.41, 5.74) is 0.732. The number of carbonyl (C=O) groups is 1. The minimum absolute atomic E-state index is 0.0494. The molecule has 1 heterocycles. The average Bonchev–Trinajstić information content (AvgIpc) is 3.05. The van der Waals surface area contributed by atoms with E-state index in [0.717, 1.165) is 4.09 Å². The van der Waals surface area contributed by atoms with E-state index >= 15 is 0 Å². The van der Waals surface area contributed by atoms with Crippen LogP contribution in [-0.2, 0) is 21.2 Å². The van der Waals surface area contributed by atoms with Crippen LogP contribution in [0.3, 0.4) is 0 Å². The molecule has 0 spiro atoms. The fourth-order valence-electron chi connectivity index (χ4n) is 2.70. The Labute approximate surface area is 156 Å². The minimum atomic E-state index is -3.97. The first-order valence-electron chi connectivity index (χ1n) is 8.04. The SMILES string of the molecule is COc1ccc(S(=O)(=O)n2nc(CCC(=O)O)c3cc(OC)ccc32)cc1. The molecular formula is C18H18N2O6S. The van der Waals surface area contributed by atoms with Gasteiger partial charge in [0.25, 0.3) is 10.0 Å². The predicted octanol–water partition coefficient (Wildman–Crippen LogP) is 2.31. The molecule has 0 aliphatic rings. The summed E-state index contributed by atoms with van der Waals surface area (Å²) in [4.78, 5) is 11.0. The Balaban J connectivity index is 2.15. The first kappa shape index (κ1) is 18.7. The Kier molecular flexibility index (Phi) is 5.04. The molecule has 1 N–H and O–H groups in total. The van der Waals surface area contributed by atoms with Gasteiger partial charge in [0.1, 0.15) is 11.5 Å². The van der Waals surface area contributed by atoms with Crippen LogP contribution in [0.2, 0.25) is 0 Å². The maximum absolute atomic E-state index is 13.1. The number of rotatable bonds is 7. The number of benzene rings is 2. The van der Waals surface area contributed by atoms with Crippen molar-refractivity contribution >= 4 is 26.9 Å². The molecule has 0 saturated carbocycles. The van der Waals surface area contributed by atoms with Crippen LogP contribution in [-0.4, -0.2) is 42.9 Å². The third kappa shape index (κ3) is 3.59. The summed E-state index contributed by atoms with van der Waals surface area (Å²) < 4.78 is 37.3. The van der Waals surface area contributed by atoms with Gasteiger partial charge in [-0.2, -0.15) is 17.6 Å². The van der Waals surface area contributed by atoms with Gasteiger partial charge in [0.05, 0.1) is 36.7 Å². The fraction of sp³-hybridized carbons (Fsp3) is 0.222. The highest BCUT2D eigenvalue weighted by atomic mass is 32.2. The van der Waals surface area contributed by atoms with Crippen LogP contribution in [0.15, 0.2) is 47.4 Å². The van der Waals surface area contributed by atoms with Gasteiger partial charge in [-0.25, -0.2) is 0 Å². The highest BCUT2D eigenvalue weighted by molar-refractivity contribution is 7.90. The van der Waals surface area contributed by atoms with E-state index in [0.29, 0.717) is 28.1 Å². The van der Waals surface area contributed by atoms with E-state index in [2.05, 4.69) is 5.10 Å². The van der Waals surface area contributed by atoms with Gasteiger partial charge in [-0.3, -0.25) is 4.79 Å². The Bertz CT molecular complexity index is 1090. The van der Waals surface area contributed by atoms with E-state index in [1.54, 1.807) is 30.3 Å². The number of ether oxygens (including phenoxy) is 2. The van der Waals surface area contributed by atoms with Crippen molar-refractivity contribution in [3.8, 4) is 11.5 Å². The molecule has 2 aromatic carbocycles. The Morgan fingerprint density at radius 2 is 1.70 bits per heavy atom. The van der Waals surface area contributed by atoms with Gasteiger partial charge in [0.15, 0.2) is 0 Å². The smallest absolute Gasteiger partial charge is 0.303 e. The van der Waals surface area contributed by atoms with Gasteiger partial charge in [-0.15, -0.1) is 0 Å². The van der Waals surface area contributed by atoms with Crippen molar-refractivity contribution in [2.45, 2.75) is 17.7 Å². The lowest BCUT2D eigenvalue weighted by Gasteiger charge is -2.07. The number of nitrogens with zero attached hydrogens (tertiary/aromatic N) is 2. The molecule has 0 amide bonds. The molecule has 27 heavy (non-hydrogen) atoms. The zero-order chi connectivity index (χ0) is 19.6. The predicted molar refractivity (Wildman–Crippen MR) is 97.8 cm³/mol. The Hall–Kier alpha value is -3.07. The van der Waals surface area contributed by atoms with Crippen molar-refractivity contribution in [3.63, 3.8) is 0 Å². The van der Waals surface area contributed by atoms with Gasteiger partial charge < -0.3 is 14.6 Å². The van der Waals surface area contributed by atoms with E-state index in [-0.39, 0.29) is 17.7 Å². The summed E-state index contributed by atoms with van der Waals surface area (Å²) in [6, 6.07) is 10.8. The van der Waals surface area contributed by atoms with Crippen LogP contribution in [0.5, 0.6) is 11.5 Å². The molecule has 0 aliphatic carbocycles. The van der Waals surface area contributed by atoms with E-state index in [1.807, 2.05) is 0 Å². The lowest BCUT2D eigenvalue weighted by atomic mass is 10.1. The molecule has 0 unspecified atom stereocenters. The first-order valence-corrected chi connectivity index (χ1v) is 9.48. The summed E-state index contributed by atoms with van der Waals surface area (Å²) in [5, 5.41) is 13.7. The molecule has 142 valence electrons. The third-order valence-corrected chi connectivity index (χ3v) is 5.69. The van der Waals surface area contributed by atoms with E-state index in [4.69, 9.17) is 14.6 Å². The molecule has 0 atom stereocenters. The lowest BCUT2D eigenvalue weighted by Crippen LogP contribution is -2.15. The molecule has 0 saturated heterocycles. The topological polar surface area (TPSA) is 108 Å². The number of carboxylic acids is 1. The summed E-state index contributed by atoms with van der Waals surface area (Å²) in [5.74, 6) is 0.0743. The van der Waals surface area contributed by atoms with Gasteiger partial charge in [-0.1, -0.05) is 0 Å². The quantitative estimate of drug-likeness (QED) is 0.659. The zero-order valence-electron chi connectivity index (χ0n) is 14.7. The van der Waals surface area contributed by atoms with E-state index in [1.165, 1.54) is 26.4 Å². The van der Waals surface area contributed by atoms with Crippen molar-refractivity contribution in [3.05, 3.63) is 48.2 Å². The first-order chi connectivity index (χ1) is 12.9. The monoisotopic (exact) mass is 390 g/mol. The van der Waals surface area contributed by atoms with Crippen molar-refractivity contribution in [1.29, 1.82) is 0 Å². The number of aromatic nitrogens is 2. The second-order valence-electron chi connectivity index (χ2n) is 5.75. The summed E-state index contributed by atoms with van der Waals surface area (Å²) in [7, 11) is -0.977. The number of carboxylic acid groups (broad SMARTS) is 1. The van der Waals surface area contributed by atoms with Gasteiger partial charge in [-0.05, 0) is 42.5 Å². The maximum Gasteiger partial charge on any atom is 0.303 e. The Morgan fingerprint density at radius 1 is 1.07 bits per heavy atom. The summed E-state index contributed by atoms with van der Waals surface area (Å²) in [6.07, 6.45) is -0.0595. The van der Waals surface area contributed by atoms with Crippen LogP contribution in [0, 0.1) is 0 Å². The molecule has 3 aromatic rings. The highest BCUT2D eigenvalue weighted by Crippen LogP contribution is 2.28. The number of aryl methyl sites for hydroxylation is 1. The molecule has 0 aliphatic heterocycles. The molecule has 0 radical (unpaired) electrons. The average molecular weight is 390 g/mol. The van der Waals surface area contributed by atoms with Gasteiger partial charge in [0, 0.05) is 11.8 Å². The second kappa shape index (κ2) is 7.28. The number of methoxy groups -OCH3 is 2. The van der Waals surface area contributed by atoms with Crippen molar-refractivity contribution in [1.82, 2.24) is 9.19 Å². The molecule has 9 heteroatoms. The lowest BCUT2D eigenvalue weighted by molar-refractivity contribution is -0.136. The van der Waals surface area contributed by atoms with E-state index < -0.39 is 16.0 Å². The van der Waals surface area contributed by atoms with Crippen LogP contribution in [0.1, 0.15) is 12.1 Å². The summed E-state index contributed by atoms with van der Waals surface area (Å²) in [6.45, 7) is 0. The van der Waals surface area contributed by atoms with Crippen LogP contribution < -0.4 is 9.47 Å². The second-order valence-corrected chi connectivity index (χ2v) is 7.51. The third-order valence-electron chi connectivity index (χ3n) is 4.09. The normalized spacial score (nSPS) is 11.5. The van der Waals surface area contributed by atoms with Gasteiger partial charge >= 0.3 is 5.97 Å². The molecule has 0 bridgehead atoms. The maximum atomic E-state index is 13.1. The fourth-order valence-corrected chi connectivity index (χ4v) is 4.00. The molecule has 1 aromatic heterocycles. The van der Waals surface area contributed by atoms with Crippen molar-refractivity contribution < 1.29 is 27.8 Å². The molecule has 0 fully saturated rings. The van der Waals surface area contributed by atoms with Crippen LogP contribution in [0.25, 0.3) is 10.9 Å². The molecule has 3 rings (SSSR count). The zero-order valence-corrected chi connectivity index (χ0v) is 15.6. The van der Waals surface area contributed by atoms with E-state index in [9.17, 15) is 13.2 Å². The van der Waals surface area contributed by atoms with Crippen molar-refractivity contribution in [2.75, 3.05) is 14.2 Å². The minimum Gasteiger partial charge on any atom is -0.497 e. The molecule has 8 nitrogen and oxygen atoms in total. The number of aliphatic carboxylic acids is 1. The number of hydrogen-bond acceptors (Lipinski definition) is 6. The highest BCUT2D eigenvalue weighted by Gasteiger charge is 2.23. The van der Waals surface area contributed by atoms with Crippen LogP contribution in [0.4, 0.5) is 0 Å². The van der Waals surface area contributed by atoms with Crippen molar-refractivity contribution in [2.24, 2.45) is 0 Å². The standard InChI is InChI=1S/C18H18N2O6S/c1-25-12-3-6-14(7-4-12)27(23,24)20-17-9-5-13(26-2)11-15(17)16(19-20)8-10-18(21)22/h3-7,9,11H,8,10H2,1-2H3,(H,21,22). The number of hydrogen-bond donors (Lipinski definition) is 1. The largest absolute Gasteiger partial charge is 0.497 e. The summed E-state index contributed by atoms with van der Waals surface area (Å²) >= 11 is 0. The van der Waals surface area contributed by atoms with Gasteiger partial charge in [0.2, 0.25) is 0 Å².